The Hall–Kier alpha value is -1.84. The first kappa shape index (κ1) is 11.6. The third-order valence-corrected chi connectivity index (χ3v) is 2.96. The number of hydrogen-bond acceptors (Lipinski definition) is 4. The van der Waals surface area contributed by atoms with Crippen LogP contribution in [0.4, 0.5) is 0 Å². The highest BCUT2D eigenvalue weighted by Crippen LogP contribution is 2.17. The zero-order valence-electron chi connectivity index (χ0n) is 9.86. The van der Waals surface area contributed by atoms with Gasteiger partial charge in [-0.05, 0) is 31.0 Å². The molecule has 0 aromatic heterocycles. The molecule has 0 saturated carbocycles. The molecular formula is C13H14O4. The lowest BCUT2D eigenvalue weighted by atomic mass is 10.0. The van der Waals surface area contributed by atoms with Gasteiger partial charge in [0.1, 0.15) is 0 Å². The molecule has 1 aromatic carbocycles. The molecule has 1 aromatic rings. The van der Waals surface area contributed by atoms with Crippen molar-refractivity contribution >= 4 is 11.9 Å². The van der Waals surface area contributed by atoms with Gasteiger partial charge in [0.2, 0.25) is 6.10 Å². The van der Waals surface area contributed by atoms with Crippen LogP contribution in [0.5, 0.6) is 0 Å². The summed E-state index contributed by atoms with van der Waals surface area (Å²) in [5.41, 5.74) is 2.40. The van der Waals surface area contributed by atoms with Gasteiger partial charge in [0, 0.05) is 6.42 Å². The zero-order chi connectivity index (χ0) is 12.4. The van der Waals surface area contributed by atoms with Crippen LogP contribution in [0.3, 0.4) is 0 Å². The van der Waals surface area contributed by atoms with Crippen molar-refractivity contribution < 1.29 is 19.1 Å². The van der Waals surface area contributed by atoms with Gasteiger partial charge >= 0.3 is 11.9 Å². The van der Waals surface area contributed by atoms with Crippen LogP contribution in [0.25, 0.3) is 0 Å². The molecule has 1 heterocycles. The van der Waals surface area contributed by atoms with Crippen molar-refractivity contribution in [1.82, 2.24) is 0 Å². The Morgan fingerprint density at radius 2 is 2.18 bits per heavy atom. The molecule has 0 N–H and O–H groups in total. The predicted molar refractivity (Wildman–Crippen MR) is 60.7 cm³/mol. The maximum Gasteiger partial charge on any atom is 0.347 e. The smallest absolute Gasteiger partial charge is 0.347 e. The van der Waals surface area contributed by atoms with E-state index >= 15 is 0 Å². The summed E-state index contributed by atoms with van der Waals surface area (Å²) in [5.74, 6) is -0.918. The number of hydrogen-bond donors (Lipinski definition) is 0. The molecule has 17 heavy (non-hydrogen) atoms. The average molecular weight is 234 g/mol. The van der Waals surface area contributed by atoms with Crippen molar-refractivity contribution in [3.05, 3.63) is 34.9 Å². The third kappa shape index (κ3) is 2.30. The van der Waals surface area contributed by atoms with Gasteiger partial charge in [-0.1, -0.05) is 12.1 Å². The van der Waals surface area contributed by atoms with Crippen LogP contribution in [0.1, 0.15) is 27.9 Å². The molecule has 0 bridgehead atoms. The first-order chi connectivity index (χ1) is 8.09. The highest BCUT2D eigenvalue weighted by atomic mass is 16.6. The second-order valence-corrected chi connectivity index (χ2v) is 4.10. The summed E-state index contributed by atoms with van der Waals surface area (Å²) in [6.07, 6.45) is -0.308. The minimum atomic E-state index is -0.748. The van der Waals surface area contributed by atoms with Crippen LogP contribution in [-0.2, 0) is 14.3 Å². The van der Waals surface area contributed by atoms with E-state index in [0.29, 0.717) is 18.6 Å². The SMILES string of the molecule is Cc1cccc(C(=O)O[C@H]2CCOC2=O)c1C. The molecule has 1 atom stereocenters. The van der Waals surface area contributed by atoms with Crippen molar-refractivity contribution in [2.75, 3.05) is 6.61 Å². The average Bonchev–Trinajstić information content (AvgIpc) is 2.68. The van der Waals surface area contributed by atoms with E-state index in [9.17, 15) is 9.59 Å². The molecular weight excluding hydrogens is 220 g/mol. The van der Waals surface area contributed by atoms with Gasteiger partial charge in [-0.3, -0.25) is 0 Å². The van der Waals surface area contributed by atoms with Gasteiger partial charge in [-0.15, -0.1) is 0 Å². The van der Waals surface area contributed by atoms with E-state index in [1.807, 2.05) is 19.9 Å². The summed E-state index contributed by atoms with van der Waals surface area (Å²) < 4.78 is 9.87. The third-order valence-electron chi connectivity index (χ3n) is 2.96. The lowest BCUT2D eigenvalue weighted by Crippen LogP contribution is -2.23. The topological polar surface area (TPSA) is 52.6 Å². The van der Waals surface area contributed by atoms with Gasteiger partial charge < -0.3 is 9.47 Å². The Labute approximate surface area is 99.5 Å². The Morgan fingerprint density at radius 3 is 2.82 bits per heavy atom. The highest BCUT2D eigenvalue weighted by molar-refractivity contribution is 5.93. The van der Waals surface area contributed by atoms with E-state index in [-0.39, 0.29) is 0 Å². The van der Waals surface area contributed by atoms with Crippen LogP contribution in [0, 0.1) is 13.8 Å². The van der Waals surface area contributed by atoms with Crippen LogP contribution >= 0.6 is 0 Å². The number of carbonyl (C=O) groups is 2. The van der Waals surface area contributed by atoms with E-state index in [2.05, 4.69) is 0 Å². The van der Waals surface area contributed by atoms with Gasteiger partial charge in [-0.2, -0.15) is 0 Å². The summed E-state index contributed by atoms with van der Waals surface area (Å²) in [4.78, 5) is 23.1. The van der Waals surface area contributed by atoms with E-state index in [1.165, 1.54) is 0 Å². The first-order valence-corrected chi connectivity index (χ1v) is 5.53. The molecule has 1 aliphatic heterocycles. The van der Waals surface area contributed by atoms with Crippen molar-refractivity contribution in [3.8, 4) is 0 Å². The number of carbonyl (C=O) groups excluding carboxylic acids is 2. The van der Waals surface area contributed by atoms with E-state index in [0.717, 1.165) is 11.1 Å². The standard InChI is InChI=1S/C13H14O4/c1-8-4-3-5-10(9(8)2)12(14)17-11-6-7-16-13(11)15/h3-5,11H,6-7H2,1-2H3/t11-/m0/s1. The largest absolute Gasteiger partial charge is 0.463 e. The lowest BCUT2D eigenvalue weighted by molar-refractivity contribution is -0.145. The quantitative estimate of drug-likeness (QED) is 0.732. The van der Waals surface area contributed by atoms with Crippen molar-refractivity contribution in [2.24, 2.45) is 0 Å². The number of ether oxygens (including phenoxy) is 2. The Bertz CT molecular complexity index is 464. The molecule has 1 saturated heterocycles. The molecule has 90 valence electrons. The fourth-order valence-electron chi connectivity index (χ4n) is 1.75. The molecule has 4 heteroatoms. The summed E-state index contributed by atoms with van der Waals surface area (Å²) in [7, 11) is 0. The number of cyclic esters (lactones) is 1. The Kier molecular flexibility index (Phi) is 3.13. The number of rotatable bonds is 2. The molecule has 0 amide bonds. The number of esters is 2. The molecule has 1 aliphatic rings. The maximum atomic E-state index is 11.9. The molecule has 0 aliphatic carbocycles. The molecule has 0 unspecified atom stereocenters. The maximum absolute atomic E-state index is 11.9. The minimum Gasteiger partial charge on any atom is -0.463 e. The van der Waals surface area contributed by atoms with Crippen molar-refractivity contribution in [3.63, 3.8) is 0 Å². The fourth-order valence-corrected chi connectivity index (χ4v) is 1.75. The summed E-state index contributed by atoms with van der Waals surface area (Å²) in [6.45, 7) is 4.11. The van der Waals surface area contributed by atoms with Gasteiger partial charge in [0.15, 0.2) is 0 Å². The van der Waals surface area contributed by atoms with Crippen molar-refractivity contribution in [2.45, 2.75) is 26.4 Å². The van der Waals surface area contributed by atoms with Gasteiger partial charge in [-0.25, -0.2) is 9.59 Å². The van der Waals surface area contributed by atoms with Gasteiger partial charge in [0.25, 0.3) is 0 Å². The van der Waals surface area contributed by atoms with Gasteiger partial charge in [0.05, 0.1) is 12.2 Å². The molecule has 0 spiro atoms. The van der Waals surface area contributed by atoms with Crippen LogP contribution in [0.15, 0.2) is 18.2 Å². The zero-order valence-corrected chi connectivity index (χ0v) is 9.86. The van der Waals surface area contributed by atoms with Crippen LogP contribution in [-0.4, -0.2) is 24.6 Å². The summed E-state index contributed by atoms with van der Waals surface area (Å²) in [6, 6.07) is 5.42. The second kappa shape index (κ2) is 4.57. The highest BCUT2D eigenvalue weighted by Gasteiger charge is 2.30. The first-order valence-electron chi connectivity index (χ1n) is 5.53. The van der Waals surface area contributed by atoms with E-state index in [1.54, 1.807) is 12.1 Å². The number of aryl methyl sites for hydroxylation is 1. The fraction of sp³-hybridized carbons (Fsp3) is 0.385. The monoisotopic (exact) mass is 234 g/mol. The lowest BCUT2D eigenvalue weighted by Gasteiger charge is -2.11. The van der Waals surface area contributed by atoms with Crippen molar-refractivity contribution in [1.29, 1.82) is 0 Å². The molecule has 4 nitrogen and oxygen atoms in total. The summed E-state index contributed by atoms with van der Waals surface area (Å²) in [5, 5.41) is 0. The van der Waals surface area contributed by atoms with E-state index in [4.69, 9.17) is 9.47 Å². The minimum absolute atomic E-state index is 0.323. The molecule has 0 radical (unpaired) electrons. The van der Waals surface area contributed by atoms with E-state index < -0.39 is 18.0 Å². The molecule has 2 rings (SSSR count). The van der Waals surface area contributed by atoms with Crippen LogP contribution < -0.4 is 0 Å². The Morgan fingerprint density at radius 1 is 1.41 bits per heavy atom. The van der Waals surface area contributed by atoms with Crippen LogP contribution in [0.2, 0.25) is 0 Å². The predicted octanol–water partition coefficient (Wildman–Crippen LogP) is 1.78. The normalized spacial score (nSPS) is 18.9. The summed E-state index contributed by atoms with van der Waals surface area (Å²) >= 11 is 0. The number of benzene rings is 1. The molecule has 1 fully saturated rings. The second-order valence-electron chi connectivity index (χ2n) is 4.10. The Balaban J connectivity index is 2.14.